The minimum atomic E-state index is -0.797. The third-order valence-corrected chi connectivity index (χ3v) is 2.61. The molecule has 114 valence electrons. The largest absolute Gasteiger partial charge is 0.481 e. The molecule has 0 radical (unpaired) electrons. The van der Waals surface area contributed by atoms with E-state index in [9.17, 15) is 14.4 Å². The number of carbonyl (C=O) groups is 3. The summed E-state index contributed by atoms with van der Waals surface area (Å²) < 4.78 is 0. The summed E-state index contributed by atoms with van der Waals surface area (Å²) in [6.07, 6.45) is 3.07. The summed E-state index contributed by atoms with van der Waals surface area (Å²) in [4.78, 5) is 32.9. The third kappa shape index (κ3) is 11.2. The Hall–Kier alpha value is -1.89. The number of urea groups is 1. The molecule has 1 unspecified atom stereocenters. The van der Waals surface area contributed by atoms with Gasteiger partial charge in [-0.25, -0.2) is 4.79 Å². The Morgan fingerprint density at radius 3 is 2.60 bits per heavy atom. The van der Waals surface area contributed by atoms with E-state index in [4.69, 9.17) is 5.11 Å². The second-order valence-electron chi connectivity index (χ2n) is 4.55. The zero-order valence-electron chi connectivity index (χ0n) is 11.8. The molecule has 0 rings (SSSR count). The molecule has 7 heteroatoms. The van der Waals surface area contributed by atoms with Crippen LogP contribution < -0.4 is 16.0 Å². The smallest absolute Gasteiger partial charge is 0.321 e. The first-order valence-electron chi connectivity index (χ1n) is 6.56. The zero-order chi connectivity index (χ0) is 15.4. The monoisotopic (exact) mass is 285 g/mol. The number of hydrogen-bond acceptors (Lipinski definition) is 4. The molecule has 3 amide bonds. The molecule has 0 aromatic heterocycles. The Labute approximate surface area is 118 Å². The van der Waals surface area contributed by atoms with Gasteiger partial charge in [0.25, 0.3) is 0 Å². The lowest BCUT2D eigenvalue weighted by Crippen LogP contribution is -2.43. The van der Waals surface area contributed by atoms with Crippen LogP contribution in [0.15, 0.2) is 12.7 Å². The molecule has 0 aliphatic carbocycles. The van der Waals surface area contributed by atoms with Crippen LogP contribution in [0.5, 0.6) is 0 Å². The molecule has 0 aromatic carbocycles. The van der Waals surface area contributed by atoms with Crippen LogP contribution in [0.25, 0.3) is 0 Å². The molecule has 0 heterocycles. The minimum absolute atomic E-state index is 0.0488. The minimum Gasteiger partial charge on any atom is -0.481 e. The predicted octanol–water partition coefficient (Wildman–Crippen LogP) is 0.479. The van der Waals surface area contributed by atoms with Crippen molar-refractivity contribution >= 4 is 17.9 Å². The van der Waals surface area contributed by atoms with E-state index in [2.05, 4.69) is 22.5 Å². The summed E-state index contributed by atoms with van der Waals surface area (Å²) in [5, 5.41) is 16.0. The number of rotatable bonds is 10. The fourth-order valence-electron chi connectivity index (χ4n) is 1.44. The normalized spacial score (nSPS) is 11.4. The molecular weight excluding hydrogens is 262 g/mol. The first-order valence-corrected chi connectivity index (χ1v) is 6.56. The quantitative estimate of drug-likeness (QED) is 0.345. The SMILES string of the molecule is C=CCNC(=O)NC(=O)CNCCC(C)CCC(=O)O. The second kappa shape index (κ2) is 11.0. The lowest BCUT2D eigenvalue weighted by atomic mass is 10.0. The molecule has 0 aliphatic heterocycles. The van der Waals surface area contributed by atoms with Gasteiger partial charge in [-0.2, -0.15) is 0 Å². The Bertz CT molecular complexity index is 345. The van der Waals surface area contributed by atoms with E-state index in [0.717, 1.165) is 6.42 Å². The maximum atomic E-state index is 11.3. The highest BCUT2D eigenvalue weighted by Crippen LogP contribution is 2.08. The first-order chi connectivity index (χ1) is 9.45. The summed E-state index contributed by atoms with van der Waals surface area (Å²) in [6.45, 7) is 6.35. The molecular formula is C13H23N3O4. The molecule has 0 saturated carbocycles. The average Bonchev–Trinajstić information content (AvgIpc) is 2.39. The maximum absolute atomic E-state index is 11.3. The highest BCUT2D eigenvalue weighted by molar-refractivity contribution is 5.95. The second-order valence-corrected chi connectivity index (χ2v) is 4.55. The highest BCUT2D eigenvalue weighted by Gasteiger charge is 2.07. The summed E-state index contributed by atoms with van der Waals surface area (Å²) in [5.41, 5.74) is 0. The topological polar surface area (TPSA) is 108 Å². The number of aliphatic carboxylic acids is 1. The number of carbonyl (C=O) groups excluding carboxylic acids is 2. The van der Waals surface area contributed by atoms with Gasteiger partial charge >= 0.3 is 12.0 Å². The predicted molar refractivity (Wildman–Crippen MR) is 75.3 cm³/mol. The molecule has 0 saturated heterocycles. The van der Waals surface area contributed by atoms with E-state index in [1.807, 2.05) is 6.92 Å². The van der Waals surface area contributed by atoms with Crippen LogP contribution >= 0.6 is 0 Å². The van der Waals surface area contributed by atoms with Crippen LogP contribution in [-0.4, -0.2) is 42.6 Å². The van der Waals surface area contributed by atoms with Crippen LogP contribution in [0, 0.1) is 5.92 Å². The third-order valence-electron chi connectivity index (χ3n) is 2.61. The van der Waals surface area contributed by atoms with E-state index in [0.29, 0.717) is 19.5 Å². The Morgan fingerprint density at radius 2 is 2.00 bits per heavy atom. The molecule has 20 heavy (non-hydrogen) atoms. The zero-order valence-corrected chi connectivity index (χ0v) is 11.8. The van der Waals surface area contributed by atoms with Crippen molar-refractivity contribution in [3.05, 3.63) is 12.7 Å². The average molecular weight is 285 g/mol. The first kappa shape index (κ1) is 18.1. The van der Waals surface area contributed by atoms with Gasteiger partial charge in [-0.05, 0) is 25.3 Å². The fourth-order valence-corrected chi connectivity index (χ4v) is 1.44. The molecule has 1 atom stereocenters. The summed E-state index contributed by atoms with van der Waals surface area (Å²) in [5.74, 6) is -0.933. The van der Waals surface area contributed by atoms with E-state index >= 15 is 0 Å². The van der Waals surface area contributed by atoms with Gasteiger partial charge in [0.15, 0.2) is 0 Å². The van der Waals surface area contributed by atoms with Crippen LogP contribution in [0.4, 0.5) is 4.79 Å². The number of carboxylic acids is 1. The number of hydrogen-bond donors (Lipinski definition) is 4. The lowest BCUT2D eigenvalue weighted by molar-refractivity contribution is -0.137. The number of imide groups is 1. The van der Waals surface area contributed by atoms with Crippen molar-refractivity contribution in [1.29, 1.82) is 0 Å². The van der Waals surface area contributed by atoms with Crippen molar-refractivity contribution in [2.24, 2.45) is 5.92 Å². The molecule has 0 spiro atoms. The van der Waals surface area contributed by atoms with Gasteiger partial charge in [0.1, 0.15) is 0 Å². The van der Waals surface area contributed by atoms with Crippen molar-refractivity contribution in [2.75, 3.05) is 19.6 Å². The van der Waals surface area contributed by atoms with E-state index in [1.54, 1.807) is 0 Å². The van der Waals surface area contributed by atoms with Crippen molar-refractivity contribution in [3.8, 4) is 0 Å². The Balaban J connectivity index is 3.58. The van der Waals surface area contributed by atoms with Gasteiger partial charge in [-0.1, -0.05) is 13.0 Å². The van der Waals surface area contributed by atoms with Gasteiger partial charge in [0.05, 0.1) is 6.54 Å². The van der Waals surface area contributed by atoms with Crippen molar-refractivity contribution in [1.82, 2.24) is 16.0 Å². The fraction of sp³-hybridized carbons (Fsp3) is 0.615. The van der Waals surface area contributed by atoms with Crippen molar-refractivity contribution in [2.45, 2.75) is 26.2 Å². The number of amides is 3. The van der Waals surface area contributed by atoms with E-state index in [-0.39, 0.29) is 18.9 Å². The number of carboxylic acid groups (broad SMARTS) is 1. The molecule has 4 N–H and O–H groups in total. The summed E-state index contributed by atoms with van der Waals surface area (Å²) in [6, 6.07) is -0.550. The summed E-state index contributed by atoms with van der Waals surface area (Å²) in [7, 11) is 0. The van der Waals surface area contributed by atoms with Crippen molar-refractivity contribution in [3.63, 3.8) is 0 Å². The van der Waals surface area contributed by atoms with Gasteiger partial charge in [0, 0.05) is 13.0 Å². The van der Waals surface area contributed by atoms with Crippen LogP contribution in [0.1, 0.15) is 26.2 Å². The molecule has 0 aromatic rings. The molecule has 0 aliphatic rings. The molecule has 7 nitrogen and oxygen atoms in total. The van der Waals surface area contributed by atoms with Gasteiger partial charge in [0.2, 0.25) is 5.91 Å². The van der Waals surface area contributed by atoms with E-state index in [1.165, 1.54) is 6.08 Å². The van der Waals surface area contributed by atoms with E-state index < -0.39 is 17.9 Å². The summed E-state index contributed by atoms with van der Waals surface area (Å²) >= 11 is 0. The van der Waals surface area contributed by atoms with Gasteiger partial charge in [-0.3, -0.25) is 14.9 Å². The Morgan fingerprint density at radius 1 is 1.30 bits per heavy atom. The molecule has 0 fully saturated rings. The van der Waals surface area contributed by atoms with Crippen molar-refractivity contribution < 1.29 is 19.5 Å². The van der Waals surface area contributed by atoms with Crippen LogP contribution in [0.2, 0.25) is 0 Å². The standard InChI is InChI=1S/C13H23N3O4/c1-3-7-15-13(20)16-11(17)9-14-8-6-10(2)4-5-12(18)19/h3,10,14H,1,4-9H2,2H3,(H,18,19)(H2,15,16,17,20). The lowest BCUT2D eigenvalue weighted by Gasteiger charge is -2.10. The van der Waals surface area contributed by atoms with Gasteiger partial charge in [-0.15, -0.1) is 6.58 Å². The Kier molecular flexibility index (Phi) is 9.94. The maximum Gasteiger partial charge on any atom is 0.321 e. The van der Waals surface area contributed by atoms with Crippen LogP contribution in [0.3, 0.4) is 0 Å². The number of nitrogens with one attached hydrogen (secondary N) is 3. The van der Waals surface area contributed by atoms with Gasteiger partial charge < -0.3 is 15.7 Å². The molecule has 0 bridgehead atoms. The van der Waals surface area contributed by atoms with Crippen LogP contribution in [-0.2, 0) is 9.59 Å². The highest BCUT2D eigenvalue weighted by atomic mass is 16.4.